The largest absolute Gasteiger partial charge is 0.478 e. The third-order valence-electron chi connectivity index (χ3n) is 2.43. The second-order valence-electron chi connectivity index (χ2n) is 4.02. The number of hydrogen-bond acceptors (Lipinski definition) is 6. The molecule has 8 nitrogen and oxygen atoms in total. The highest BCUT2D eigenvalue weighted by Gasteiger charge is 2.13. The maximum absolute atomic E-state index is 10.3. The van der Waals surface area contributed by atoms with Gasteiger partial charge in [-0.05, 0) is 30.7 Å². The van der Waals surface area contributed by atoms with Crippen molar-refractivity contribution in [2.24, 2.45) is 0 Å². The van der Waals surface area contributed by atoms with Gasteiger partial charge >= 0.3 is 11.9 Å². The van der Waals surface area contributed by atoms with E-state index in [1.807, 2.05) is 0 Å². The Hall–Kier alpha value is -2.00. The summed E-state index contributed by atoms with van der Waals surface area (Å²) in [5.74, 6) is -2.13. The lowest BCUT2D eigenvalue weighted by Gasteiger charge is -2.12. The van der Waals surface area contributed by atoms with Gasteiger partial charge in [-0.2, -0.15) is 0 Å². The SMILES string of the molecule is O=C(O)c1ccc(C(=O)O)cc1.OCCC(O)C(O)CO. The van der Waals surface area contributed by atoms with Crippen molar-refractivity contribution in [1.29, 1.82) is 0 Å². The Morgan fingerprint density at radius 3 is 1.48 bits per heavy atom. The molecule has 0 saturated heterocycles. The Balaban J connectivity index is 0.000000400. The molecule has 0 spiro atoms. The van der Waals surface area contributed by atoms with Crippen LogP contribution < -0.4 is 0 Å². The van der Waals surface area contributed by atoms with Gasteiger partial charge in [0.2, 0.25) is 0 Å². The van der Waals surface area contributed by atoms with Gasteiger partial charge in [0.25, 0.3) is 0 Å². The third kappa shape index (κ3) is 7.37. The zero-order valence-electron chi connectivity index (χ0n) is 11.1. The average molecular weight is 302 g/mol. The molecule has 6 N–H and O–H groups in total. The summed E-state index contributed by atoms with van der Waals surface area (Å²) in [7, 11) is 0. The molecule has 0 amide bonds. The van der Waals surface area contributed by atoms with E-state index in [0.717, 1.165) is 0 Å². The smallest absolute Gasteiger partial charge is 0.335 e. The van der Waals surface area contributed by atoms with Gasteiger partial charge in [0, 0.05) is 6.61 Å². The molecule has 0 saturated carbocycles. The summed E-state index contributed by atoms with van der Waals surface area (Å²) in [6.07, 6.45) is -2.04. The zero-order chi connectivity index (χ0) is 16.4. The molecule has 2 unspecified atom stereocenters. The van der Waals surface area contributed by atoms with E-state index in [-0.39, 0.29) is 24.2 Å². The van der Waals surface area contributed by atoms with Crippen LogP contribution in [0.3, 0.4) is 0 Å². The molecule has 0 aliphatic heterocycles. The van der Waals surface area contributed by atoms with Crippen LogP contribution in [0.1, 0.15) is 27.1 Å². The van der Waals surface area contributed by atoms with Gasteiger partial charge in [-0.3, -0.25) is 0 Å². The molecular weight excluding hydrogens is 284 g/mol. The topological polar surface area (TPSA) is 156 Å². The standard InChI is InChI=1S/C8H6O4.C5H12O4/c9-7(10)5-1-2-6(4-3-5)8(11)12;6-2-1-4(8)5(9)3-7/h1-4H,(H,9,10)(H,11,12);4-9H,1-3H2. The molecule has 21 heavy (non-hydrogen) atoms. The summed E-state index contributed by atoms with van der Waals surface area (Å²) in [6.45, 7) is -0.653. The molecule has 0 bridgehead atoms. The molecule has 0 aliphatic carbocycles. The minimum absolute atomic E-state index is 0.0833. The first-order valence-corrected chi connectivity index (χ1v) is 5.98. The minimum Gasteiger partial charge on any atom is -0.478 e. The number of aliphatic hydroxyl groups is 4. The molecule has 118 valence electrons. The van der Waals surface area contributed by atoms with Crippen molar-refractivity contribution >= 4 is 11.9 Å². The predicted octanol–water partition coefficient (Wildman–Crippen LogP) is -0.834. The number of carboxylic acid groups (broad SMARTS) is 2. The normalized spacial score (nSPS) is 12.8. The van der Waals surface area contributed by atoms with Gasteiger partial charge in [0.15, 0.2) is 0 Å². The summed E-state index contributed by atoms with van der Waals surface area (Å²) in [5, 5.41) is 50.8. The number of carbonyl (C=O) groups is 2. The molecular formula is C13H18O8. The fourth-order valence-corrected chi connectivity index (χ4v) is 1.20. The summed E-state index contributed by atoms with van der Waals surface area (Å²) in [4.78, 5) is 20.7. The van der Waals surface area contributed by atoms with Crippen molar-refractivity contribution in [3.8, 4) is 0 Å². The lowest BCUT2D eigenvalue weighted by Crippen LogP contribution is -2.29. The molecule has 1 aromatic carbocycles. The number of aromatic carboxylic acids is 2. The Bertz CT molecular complexity index is 409. The molecule has 0 aromatic heterocycles. The van der Waals surface area contributed by atoms with Crippen LogP contribution in [0.2, 0.25) is 0 Å². The van der Waals surface area contributed by atoms with E-state index in [0.29, 0.717) is 0 Å². The van der Waals surface area contributed by atoms with Crippen molar-refractivity contribution < 1.29 is 40.2 Å². The predicted molar refractivity (Wildman–Crippen MR) is 71.2 cm³/mol. The summed E-state index contributed by atoms with van der Waals surface area (Å²) in [6, 6.07) is 5.02. The Kier molecular flexibility index (Phi) is 8.90. The summed E-state index contributed by atoms with van der Waals surface area (Å²) < 4.78 is 0. The highest BCUT2D eigenvalue weighted by Crippen LogP contribution is 2.03. The quantitative estimate of drug-likeness (QED) is 0.397. The van der Waals surface area contributed by atoms with Crippen molar-refractivity contribution in [2.75, 3.05) is 13.2 Å². The van der Waals surface area contributed by atoms with E-state index in [1.54, 1.807) is 0 Å². The molecule has 0 radical (unpaired) electrons. The average Bonchev–Trinajstić information content (AvgIpc) is 2.47. The first-order chi connectivity index (χ1) is 9.83. The lowest BCUT2D eigenvalue weighted by molar-refractivity contribution is -0.0238. The zero-order valence-corrected chi connectivity index (χ0v) is 11.1. The molecule has 8 heteroatoms. The fourth-order valence-electron chi connectivity index (χ4n) is 1.20. The Morgan fingerprint density at radius 1 is 0.857 bits per heavy atom. The monoisotopic (exact) mass is 302 g/mol. The Labute approximate surface area is 120 Å². The van der Waals surface area contributed by atoms with Gasteiger partial charge in [-0.25, -0.2) is 9.59 Å². The Morgan fingerprint density at radius 2 is 1.24 bits per heavy atom. The first-order valence-electron chi connectivity index (χ1n) is 5.98. The second-order valence-corrected chi connectivity index (χ2v) is 4.02. The number of hydrogen-bond donors (Lipinski definition) is 6. The minimum atomic E-state index is -1.13. The number of aliphatic hydroxyl groups excluding tert-OH is 4. The van der Waals surface area contributed by atoms with Gasteiger partial charge in [0.1, 0.15) is 6.10 Å². The maximum atomic E-state index is 10.3. The third-order valence-corrected chi connectivity index (χ3v) is 2.43. The van der Waals surface area contributed by atoms with E-state index in [1.165, 1.54) is 24.3 Å². The van der Waals surface area contributed by atoms with Crippen LogP contribution in [0.5, 0.6) is 0 Å². The van der Waals surface area contributed by atoms with E-state index in [2.05, 4.69) is 0 Å². The van der Waals surface area contributed by atoms with E-state index in [9.17, 15) is 9.59 Å². The van der Waals surface area contributed by atoms with Crippen LogP contribution in [0.15, 0.2) is 24.3 Å². The van der Waals surface area contributed by atoms with Crippen molar-refractivity contribution in [2.45, 2.75) is 18.6 Å². The van der Waals surface area contributed by atoms with Crippen LogP contribution >= 0.6 is 0 Å². The van der Waals surface area contributed by atoms with Gasteiger partial charge < -0.3 is 30.6 Å². The van der Waals surface area contributed by atoms with Crippen LogP contribution in [0.25, 0.3) is 0 Å². The molecule has 0 aliphatic rings. The first kappa shape index (κ1) is 19.0. The van der Waals surface area contributed by atoms with Crippen LogP contribution in [-0.2, 0) is 0 Å². The van der Waals surface area contributed by atoms with Gasteiger partial charge in [-0.1, -0.05) is 0 Å². The highest BCUT2D eigenvalue weighted by molar-refractivity contribution is 5.91. The maximum Gasteiger partial charge on any atom is 0.335 e. The molecule has 2 atom stereocenters. The molecule has 1 aromatic rings. The number of benzene rings is 1. The molecule has 0 fully saturated rings. The fraction of sp³-hybridized carbons (Fsp3) is 0.385. The van der Waals surface area contributed by atoms with Crippen LogP contribution in [0, 0.1) is 0 Å². The number of carboxylic acids is 2. The van der Waals surface area contributed by atoms with Crippen LogP contribution in [-0.4, -0.2) is 68.0 Å². The second kappa shape index (κ2) is 9.83. The van der Waals surface area contributed by atoms with E-state index >= 15 is 0 Å². The highest BCUT2D eigenvalue weighted by atomic mass is 16.4. The summed E-state index contributed by atoms with van der Waals surface area (Å²) >= 11 is 0. The van der Waals surface area contributed by atoms with E-state index < -0.39 is 30.8 Å². The molecule has 0 heterocycles. The van der Waals surface area contributed by atoms with Crippen molar-refractivity contribution in [3.05, 3.63) is 35.4 Å². The lowest BCUT2D eigenvalue weighted by atomic mass is 10.1. The molecule has 1 rings (SSSR count). The van der Waals surface area contributed by atoms with Gasteiger partial charge in [-0.15, -0.1) is 0 Å². The van der Waals surface area contributed by atoms with E-state index in [4.69, 9.17) is 30.6 Å². The van der Waals surface area contributed by atoms with Crippen molar-refractivity contribution in [1.82, 2.24) is 0 Å². The summed E-state index contributed by atoms with van der Waals surface area (Å²) in [5.41, 5.74) is 0.167. The van der Waals surface area contributed by atoms with Gasteiger partial charge in [0.05, 0.1) is 23.8 Å². The van der Waals surface area contributed by atoms with Crippen molar-refractivity contribution in [3.63, 3.8) is 0 Å². The van der Waals surface area contributed by atoms with Crippen LogP contribution in [0.4, 0.5) is 0 Å². The number of rotatable bonds is 6.